The fraction of sp³-hybridized carbons (Fsp3) is 0.500. The summed E-state index contributed by atoms with van der Waals surface area (Å²) in [5, 5.41) is 12.7. The first kappa shape index (κ1) is 25.4. The lowest BCUT2D eigenvalue weighted by molar-refractivity contribution is -0.140. The first-order chi connectivity index (χ1) is 16.7. The number of carbonyl (C=O) groups is 2. The standard InChI is InChI=1S/C28H37N3O4/c1-27(2,29)26(34)30-24(19-35-18-20-8-4-3-5-9-20)25(33)31-14-12-28(13-15-31)16-21(17-32)22-10-6-7-11-23(22)28/h3-11,21,24,32H,12-19,29H2,1-2H3,(H,30,34)/t21-,24?/m0/s1. The van der Waals surface area contributed by atoms with Gasteiger partial charge in [0.15, 0.2) is 0 Å². The molecule has 1 saturated heterocycles. The molecular formula is C28H37N3O4. The summed E-state index contributed by atoms with van der Waals surface area (Å²) < 4.78 is 5.84. The Balaban J connectivity index is 1.43. The van der Waals surface area contributed by atoms with Crippen molar-refractivity contribution in [3.8, 4) is 0 Å². The van der Waals surface area contributed by atoms with Crippen molar-refractivity contribution >= 4 is 11.8 Å². The monoisotopic (exact) mass is 479 g/mol. The number of fused-ring (bicyclic) bond motifs is 2. The summed E-state index contributed by atoms with van der Waals surface area (Å²) in [5.74, 6) is -0.377. The number of ether oxygens (including phenoxy) is 1. The molecule has 2 atom stereocenters. The van der Waals surface area contributed by atoms with E-state index in [0.717, 1.165) is 24.8 Å². The number of aliphatic hydroxyl groups is 1. The fourth-order valence-electron chi connectivity index (χ4n) is 5.43. The van der Waals surface area contributed by atoms with Crippen molar-refractivity contribution in [1.82, 2.24) is 10.2 Å². The van der Waals surface area contributed by atoms with Gasteiger partial charge >= 0.3 is 0 Å². The minimum absolute atomic E-state index is 0.0113. The van der Waals surface area contributed by atoms with Crippen molar-refractivity contribution < 1.29 is 19.4 Å². The Bertz CT molecular complexity index is 1030. The second-order valence-corrected chi connectivity index (χ2v) is 10.5. The van der Waals surface area contributed by atoms with Gasteiger partial charge in [0.2, 0.25) is 11.8 Å². The predicted octanol–water partition coefficient (Wildman–Crippen LogP) is 2.47. The van der Waals surface area contributed by atoms with E-state index in [1.54, 1.807) is 13.8 Å². The number of aliphatic hydroxyl groups excluding tert-OH is 1. The van der Waals surface area contributed by atoms with Crippen LogP contribution in [-0.2, 0) is 26.3 Å². The number of amides is 2. The highest BCUT2D eigenvalue weighted by atomic mass is 16.5. The minimum atomic E-state index is -1.10. The van der Waals surface area contributed by atoms with E-state index in [-0.39, 0.29) is 36.4 Å². The number of likely N-dealkylation sites (tertiary alicyclic amines) is 1. The molecule has 1 aliphatic carbocycles. The molecule has 35 heavy (non-hydrogen) atoms. The Hall–Kier alpha value is -2.74. The molecule has 4 N–H and O–H groups in total. The molecule has 188 valence electrons. The normalized spacial score (nSPS) is 19.9. The number of nitrogens with zero attached hydrogens (tertiary/aromatic N) is 1. The average Bonchev–Trinajstić information content (AvgIpc) is 3.16. The summed E-state index contributed by atoms with van der Waals surface area (Å²) in [6, 6.07) is 17.3. The van der Waals surface area contributed by atoms with Gasteiger partial charge in [0.05, 0.1) is 18.8 Å². The van der Waals surface area contributed by atoms with Gasteiger partial charge in [-0.3, -0.25) is 9.59 Å². The molecule has 1 aliphatic heterocycles. The summed E-state index contributed by atoms with van der Waals surface area (Å²) in [6.45, 7) is 5.01. The number of piperidine rings is 1. The summed E-state index contributed by atoms with van der Waals surface area (Å²) >= 11 is 0. The predicted molar refractivity (Wildman–Crippen MR) is 135 cm³/mol. The van der Waals surface area contributed by atoms with Gasteiger partial charge in [0, 0.05) is 25.6 Å². The molecule has 0 aromatic heterocycles. The van der Waals surface area contributed by atoms with Gasteiger partial charge in [0.25, 0.3) is 0 Å². The first-order valence-electron chi connectivity index (χ1n) is 12.4. The molecule has 0 bridgehead atoms. The molecule has 1 heterocycles. The van der Waals surface area contributed by atoms with Gasteiger partial charge in [-0.1, -0.05) is 54.6 Å². The molecule has 1 spiro atoms. The number of nitrogens with one attached hydrogen (secondary N) is 1. The van der Waals surface area contributed by atoms with Crippen LogP contribution in [0.4, 0.5) is 0 Å². The summed E-state index contributed by atoms with van der Waals surface area (Å²) in [6.07, 6.45) is 2.58. The van der Waals surface area contributed by atoms with Crippen LogP contribution in [0, 0.1) is 0 Å². The molecule has 2 aromatic rings. The Labute approximate surface area is 207 Å². The van der Waals surface area contributed by atoms with Crippen molar-refractivity contribution in [3.05, 3.63) is 71.3 Å². The van der Waals surface area contributed by atoms with Crippen LogP contribution in [-0.4, -0.2) is 59.7 Å². The summed E-state index contributed by atoms with van der Waals surface area (Å²) in [4.78, 5) is 28.0. The highest BCUT2D eigenvalue weighted by molar-refractivity contribution is 5.91. The van der Waals surface area contributed by atoms with Crippen LogP contribution in [0.1, 0.15) is 55.7 Å². The van der Waals surface area contributed by atoms with Crippen LogP contribution in [0.2, 0.25) is 0 Å². The van der Waals surface area contributed by atoms with Gasteiger partial charge in [-0.25, -0.2) is 0 Å². The lowest BCUT2D eigenvalue weighted by Gasteiger charge is -2.41. The van der Waals surface area contributed by atoms with Crippen LogP contribution in [0.3, 0.4) is 0 Å². The van der Waals surface area contributed by atoms with Gasteiger partial charge in [-0.2, -0.15) is 0 Å². The van der Waals surface area contributed by atoms with Gasteiger partial charge in [-0.05, 0) is 55.2 Å². The molecule has 0 radical (unpaired) electrons. The van der Waals surface area contributed by atoms with Gasteiger partial charge in [-0.15, -0.1) is 0 Å². The molecule has 7 nitrogen and oxygen atoms in total. The van der Waals surface area contributed by atoms with Crippen LogP contribution < -0.4 is 11.1 Å². The second-order valence-electron chi connectivity index (χ2n) is 10.5. The zero-order valence-electron chi connectivity index (χ0n) is 20.7. The van der Waals surface area contributed by atoms with E-state index in [4.69, 9.17) is 10.5 Å². The Kier molecular flexibility index (Phi) is 7.59. The maximum atomic E-state index is 13.5. The molecule has 1 unspecified atom stereocenters. The number of carbonyl (C=O) groups excluding carboxylic acids is 2. The Morgan fingerprint density at radius 2 is 1.80 bits per heavy atom. The number of benzene rings is 2. The van der Waals surface area contributed by atoms with Crippen molar-refractivity contribution in [3.63, 3.8) is 0 Å². The molecule has 1 fully saturated rings. The molecule has 2 aromatic carbocycles. The van der Waals surface area contributed by atoms with Crippen molar-refractivity contribution in [2.75, 3.05) is 26.3 Å². The van der Waals surface area contributed by atoms with Crippen LogP contribution >= 0.6 is 0 Å². The van der Waals surface area contributed by atoms with Crippen molar-refractivity contribution in [2.45, 2.75) is 62.6 Å². The quantitative estimate of drug-likeness (QED) is 0.540. The first-order valence-corrected chi connectivity index (χ1v) is 12.4. The highest BCUT2D eigenvalue weighted by Crippen LogP contribution is 2.51. The SMILES string of the molecule is CC(C)(N)C(=O)NC(COCc1ccccc1)C(=O)N1CCC2(CC1)C[C@@H](CO)c1ccccc12. The largest absolute Gasteiger partial charge is 0.396 e. The van der Waals surface area contributed by atoms with E-state index in [9.17, 15) is 14.7 Å². The topological polar surface area (TPSA) is 105 Å². The zero-order valence-corrected chi connectivity index (χ0v) is 20.7. The second kappa shape index (κ2) is 10.5. The van der Waals surface area contributed by atoms with E-state index >= 15 is 0 Å². The Morgan fingerprint density at radius 3 is 2.46 bits per heavy atom. The molecule has 2 amide bonds. The molecule has 2 aliphatic rings. The van der Waals surface area contributed by atoms with Gasteiger partial charge in [0.1, 0.15) is 6.04 Å². The third-order valence-corrected chi connectivity index (χ3v) is 7.45. The van der Waals surface area contributed by atoms with E-state index in [1.165, 1.54) is 11.1 Å². The number of rotatable bonds is 8. The van der Waals surface area contributed by atoms with Crippen molar-refractivity contribution in [2.24, 2.45) is 5.73 Å². The van der Waals surface area contributed by atoms with Crippen LogP contribution in [0.15, 0.2) is 54.6 Å². The molecule has 0 saturated carbocycles. The fourth-order valence-corrected chi connectivity index (χ4v) is 5.43. The minimum Gasteiger partial charge on any atom is -0.396 e. The maximum Gasteiger partial charge on any atom is 0.247 e. The average molecular weight is 480 g/mol. The van der Waals surface area contributed by atoms with Gasteiger partial charge < -0.3 is 25.8 Å². The summed E-state index contributed by atoms with van der Waals surface area (Å²) in [5.41, 5.74) is 8.42. The molecule has 7 heteroatoms. The smallest absolute Gasteiger partial charge is 0.247 e. The van der Waals surface area contributed by atoms with Crippen LogP contribution in [0.25, 0.3) is 0 Å². The lowest BCUT2D eigenvalue weighted by atomic mass is 9.73. The Morgan fingerprint density at radius 1 is 1.14 bits per heavy atom. The van der Waals surface area contributed by atoms with E-state index in [2.05, 4.69) is 23.5 Å². The summed E-state index contributed by atoms with van der Waals surface area (Å²) in [7, 11) is 0. The third-order valence-electron chi connectivity index (χ3n) is 7.45. The maximum absolute atomic E-state index is 13.5. The number of hydrogen-bond acceptors (Lipinski definition) is 5. The number of hydrogen-bond donors (Lipinski definition) is 3. The van der Waals surface area contributed by atoms with Crippen LogP contribution in [0.5, 0.6) is 0 Å². The van der Waals surface area contributed by atoms with E-state index in [1.807, 2.05) is 41.3 Å². The van der Waals surface area contributed by atoms with E-state index < -0.39 is 11.6 Å². The van der Waals surface area contributed by atoms with E-state index in [0.29, 0.717) is 19.7 Å². The third kappa shape index (κ3) is 5.58. The zero-order chi connectivity index (χ0) is 25.1. The number of nitrogens with two attached hydrogens (primary N) is 1. The molecular weight excluding hydrogens is 442 g/mol. The lowest BCUT2D eigenvalue weighted by Crippen LogP contribution is -2.59. The highest BCUT2D eigenvalue weighted by Gasteiger charge is 2.46. The molecule has 4 rings (SSSR count). The van der Waals surface area contributed by atoms with Crippen molar-refractivity contribution in [1.29, 1.82) is 0 Å².